The summed E-state index contributed by atoms with van der Waals surface area (Å²) in [5.74, 6) is 0.620. The smallest absolute Gasteiger partial charge is 0.373 e. The van der Waals surface area contributed by atoms with Crippen LogP contribution >= 0.6 is 15.9 Å². The number of carbonyl (C=O) groups is 1. The molecule has 0 saturated heterocycles. The fourth-order valence-electron chi connectivity index (χ4n) is 5.59. The van der Waals surface area contributed by atoms with Gasteiger partial charge in [0.1, 0.15) is 10.4 Å². The quantitative estimate of drug-likeness (QED) is 0.134. The minimum atomic E-state index is -0.384. The number of halogens is 1. The van der Waals surface area contributed by atoms with Gasteiger partial charge in [-0.3, -0.25) is 4.57 Å². The maximum Gasteiger partial charge on any atom is 0.373 e. The number of para-hydroxylation sites is 2. The molecule has 0 radical (unpaired) electrons. The Morgan fingerprint density at radius 1 is 0.702 bits per heavy atom. The van der Waals surface area contributed by atoms with Gasteiger partial charge in [0.05, 0.1) is 23.7 Å². The van der Waals surface area contributed by atoms with Crippen molar-refractivity contribution in [2.24, 2.45) is 0 Å². The molecule has 1 aliphatic carbocycles. The molecule has 1 aliphatic rings. The van der Waals surface area contributed by atoms with Crippen molar-refractivity contribution in [3.05, 3.63) is 161 Å². The summed E-state index contributed by atoms with van der Waals surface area (Å²) in [5, 5.41) is 2.54. The molecule has 3 heterocycles. The first-order valence-electron chi connectivity index (χ1n) is 14.7. The molecule has 4 aromatic carbocycles. The van der Waals surface area contributed by atoms with Crippen LogP contribution in [0.5, 0.6) is 0 Å². The number of rotatable bonds is 2. The molecule has 3 aromatic heterocycles. The second kappa shape index (κ2) is 15.5. The van der Waals surface area contributed by atoms with Gasteiger partial charge in [0.25, 0.3) is 0 Å². The van der Waals surface area contributed by atoms with Crippen molar-refractivity contribution in [1.82, 2.24) is 14.5 Å². The molecule has 0 atom stereocenters. The molecule has 0 amide bonds. The number of aryl methyl sites for hydroxylation is 1. The third-order valence-electron chi connectivity index (χ3n) is 7.64. The van der Waals surface area contributed by atoms with Crippen molar-refractivity contribution >= 4 is 49.9 Å². The minimum Gasteiger partial charge on any atom is -0.465 e. The highest BCUT2D eigenvalue weighted by Crippen LogP contribution is 2.36. The third-order valence-corrected chi connectivity index (χ3v) is 8.28. The van der Waals surface area contributed by atoms with Crippen LogP contribution in [0.15, 0.2) is 138 Å². The molecule has 0 bridgehead atoms. The average molecular weight is 685 g/mol. The zero-order valence-electron chi connectivity index (χ0n) is 25.8. The van der Waals surface area contributed by atoms with E-state index in [2.05, 4.69) is 145 Å². The van der Waals surface area contributed by atoms with Gasteiger partial charge in [0.15, 0.2) is 0 Å². The number of esters is 1. The van der Waals surface area contributed by atoms with Crippen LogP contribution in [0.3, 0.4) is 0 Å². The number of ether oxygens (including phenoxy) is 1. The van der Waals surface area contributed by atoms with Crippen LogP contribution in [0.2, 0.25) is 0 Å². The molecular weight excluding hydrogens is 654 g/mol. The lowest BCUT2D eigenvalue weighted by molar-refractivity contribution is -0.191. The van der Waals surface area contributed by atoms with E-state index in [9.17, 15) is 4.79 Å². The summed E-state index contributed by atoms with van der Waals surface area (Å²) in [5.41, 5.74) is 9.78. The number of pyridine rings is 2. The second-order valence-corrected chi connectivity index (χ2v) is 11.2. The highest BCUT2D eigenvalue weighted by Gasteiger charge is 2.16. The van der Waals surface area contributed by atoms with Crippen LogP contribution in [0.1, 0.15) is 27.0 Å². The van der Waals surface area contributed by atoms with E-state index < -0.39 is 0 Å². The van der Waals surface area contributed by atoms with Gasteiger partial charge < -0.3 is 4.74 Å². The lowest BCUT2D eigenvalue weighted by Gasteiger charge is -2.09. The molecule has 0 aliphatic heterocycles. The van der Waals surface area contributed by atoms with Crippen LogP contribution in [0.4, 0.5) is 0 Å². The Labute approximate surface area is 280 Å². The van der Waals surface area contributed by atoms with Gasteiger partial charge >= 0.3 is 12.1 Å². The summed E-state index contributed by atoms with van der Waals surface area (Å²) < 4.78 is 7.26. The molecule has 7 aromatic rings. The largest absolute Gasteiger partial charge is 0.465 e. The zero-order chi connectivity index (χ0) is 33.2. The molecule has 0 spiro atoms. The topological polar surface area (TPSA) is 91.2 Å². The number of fused-ring (bicyclic) bond motifs is 6. The van der Waals surface area contributed by atoms with Crippen LogP contribution in [0.25, 0.3) is 38.8 Å². The predicted molar refractivity (Wildman–Crippen MR) is 186 cm³/mol. The first-order chi connectivity index (χ1) is 23.0. The van der Waals surface area contributed by atoms with E-state index in [1.807, 2.05) is 12.3 Å². The average Bonchev–Trinajstić information content (AvgIpc) is 3.65. The van der Waals surface area contributed by atoms with Crippen molar-refractivity contribution in [1.29, 1.82) is 0 Å². The van der Waals surface area contributed by atoms with E-state index in [4.69, 9.17) is 9.59 Å². The van der Waals surface area contributed by atoms with E-state index in [0.29, 0.717) is 10.2 Å². The number of benzene rings is 4. The molecule has 8 heteroatoms. The Morgan fingerprint density at radius 3 is 1.72 bits per heavy atom. The summed E-state index contributed by atoms with van der Waals surface area (Å²) in [7, 11) is 1.34. The number of aromatic nitrogens is 3. The molecule has 0 unspecified atom stereocenters. The van der Waals surface area contributed by atoms with Crippen molar-refractivity contribution in [3.63, 3.8) is 0 Å². The Morgan fingerprint density at radius 2 is 1.19 bits per heavy atom. The summed E-state index contributed by atoms with van der Waals surface area (Å²) in [6.45, 7) is 2.10. The predicted octanol–water partition coefficient (Wildman–Crippen LogP) is 8.79. The van der Waals surface area contributed by atoms with E-state index in [1.54, 1.807) is 18.3 Å². The van der Waals surface area contributed by atoms with E-state index >= 15 is 0 Å². The molecule has 0 fully saturated rings. The fraction of sp³-hybridized carbons (Fsp3) is 0.0769. The number of methoxy groups -OCH3 is 1. The van der Waals surface area contributed by atoms with Crippen molar-refractivity contribution in [2.75, 3.05) is 7.11 Å². The molecule has 7 nitrogen and oxygen atoms in total. The van der Waals surface area contributed by atoms with Crippen LogP contribution in [-0.4, -0.2) is 33.8 Å². The molecule has 232 valence electrons. The van der Waals surface area contributed by atoms with Crippen molar-refractivity contribution in [3.8, 4) is 16.9 Å². The Kier molecular flexibility index (Phi) is 10.8. The van der Waals surface area contributed by atoms with E-state index in [-0.39, 0.29) is 12.1 Å². The normalized spacial score (nSPS) is 10.5. The third kappa shape index (κ3) is 7.25. The minimum absolute atomic E-state index is 0.250. The summed E-state index contributed by atoms with van der Waals surface area (Å²) in [6.07, 6.45) is 4.80. The summed E-state index contributed by atoms with van der Waals surface area (Å²) in [6, 6.07) is 41.7. The van der Waals surface area contributed by atoms with Crippen LogP contribution in [-0.2, 0) is 20.7 Å². The fourth-order valence-corrected chi connectivity index (χ4v) is 6.00. The van der Waals surface area contributed by atoms with Gasteiger partial charge in [0.2, 0.25) is 0 Å². The molecule has 8 rings (SSSR count). The maximum atomic E-state index is 10.9. The standard InChI is InChI=1S/C18H14N2.C13H10.C7H6BrNO2.CO2/c1-13-7-6-12-19-18(13)20-16-10-4-2-8-14(16)15-9-3-5-11-17(15)20;1-3-7-12-10(5-1)9-11-6-2-4-8-13(11)12;1-11-7(10)5-3-2-4-9-6(5)8;2-1-3/h2-12H,1H3;1-8H,9H2;2-4H,1H3;. The van der Waals surface area contributed by atoms with Crippen molar-refractivity contribution < 1.29 is 19.1 Å². The number of carbonyl (C=O) groups excluding carboxylic acids is 3. The van der Waals surface area contributed by atoms with Gasteiger partial charge in [0, 0.05) is 23.2 Å². The van der Waals surface area contributed by atoms with E-state index in [0.717, 1.165) is 12.2 Å². The Bertz CT molecular complexity index is 2110. The molecular formula is C39H30BrN3O4. The molecule has 47 heavy (non-hydrogen) atoms. The van der Waals surface area contributed by atoms with Gasteiger partial charge in [-0.25, -0.2) is 14.8 Å². The van der Waals surface area contributed by atoms with Gasteiger partial charge in [-0.1, -0.05) is 91.0 Å². The van der Waals surface area contributed by atoms with Crippen LogP contribution in [0, 0.1) is 6.92 Å². The number of nitrogens with zero attached hydrogens (tertiary/aromatic N) is 3. The molecule has 0 N–H and O–H groups in total. The Hall–Kier alpha value is -5.69. The van der Waals surface area contributed by atoms with Crippen LogP contribution < -0.4 is 0 Å². The lowest BCUT2D eigenvalue weighted by Crippen LogP contribution is -2.02. The first-order valence-corrected chi connectivity index (χ1v) is 15.5. The first kappa shape index (κ1) is 32.7. The highest BCUT2D eigenvalue weighted by molar-refractivity contribution is 9.10. The summed E-state index contributed by atoms with van der Waals surface area (Å²) in [4.78, 5) is 35.6. The monoisotopic (exact) mass is 683 g/mol. The van der Waals surface area contributed by atoms with Gasteiger partial charge in [-0.05, 0) is 87.4 Å². The second-order valence-electron chi connectivity index (χ2n) is 10.4. The maximum absolute atomic E-state index is 10.9. The Balaban J connectivity index is 0.000000140. The highest BCUT2D eigenvalue weighted by atomic mass is 79.9. The van der Waals surface area contributed by atoms with Crippen molar-refractivity contribution in [2.45, 2.75) is 13.3 Å². The van der Waals surface area contributed by atoms with Gasteiger partial charge in [-0.15, -0.1) is 0 Å². The SMILES string of the molecule is COC(=O)c1cccnc1Br.Cc1cccnc1-n1c2ccccc2c2ccccc21.O=C=O.c1ccc2c(c1)Cc1ccccc1-2. The van der Waals surface area contributed by atoms with Gasteiger partial charge in [-0.2, -0.15) is 9.59 Å². The van der Waals surface area contributed by atoms with E-state index in [1.165, 1.54) is 56.7 Å². The summed E-state index contributed by atoms with van der Waals surface area (Å²) >= 11 is 3.13. The zero-order valence-corrected chi connectivity index (χ0v) is 27.3. The molecule has 0 saturated carbocycles. The number of hydrogen-bond donors (Lipinski definition) is 0. The number of hydrogen-bond acceptors (Lipinski definition) is 6. The lowest BCUT2D eigenvalue weighted by atomic mass is 10.1.